The van der Waals surface area contributed by atoms with E-state index in [1.54, 1.807) is 0 Å². The van der Waals surface area contributed by atoms with Crippen LogP contribution in [0.25, 0.3) is 0 Å². The SMILES string of the molecule is CC1CC2CCC(O2)C(C)C(=O)OC(C)CC2CCC(O2)C(C)C(=O)OC(C)CC2CCC(O2)C(C)C(=O)OC(C)CC2CCC(O2)C(C)C(=O)CO1. The molecule has 8 bridgehead atoms. The van der Waals surface area contributed by atoms with Gasteiger partial charge < -0.3 is 37.9 Å². The summed E-state index contributed by atoms with van der Waals surface area (Å²) in [4.78, 5) is 52.5. The van der Waals surface area contributed by atoms with Gasteiger partial charge in [0.2, 0.25) is 0 Å². The first kappa shape index (κ1) is 42.0. The highest BCUT2D eigenvalue weighted by Gasteiger charge is 2.40. The molecule has 5 rings (SSSR count). The van der Waals surface area contributed by atoms with Crippen LogP contribution in [0.5, 0.6) is 0 Å². The summed E-state index contributed by atoms with van der Waals surface area (Å²) in [6.45, 7) is 15.0. The Kier molecular flexibility index (Phi) is 15.2. The number of carbonyl (C=O) groups is 4. The van der Waals surface area contributed by atoms with Crippen LogP contribution in [-0.2, 0) is 57.1 Å². The predicted molar refractivity (Wildman–Crippen MR) is 194 cm³/mol. The van der Waals surface area contributed by atoms with Gasteiger partial charge in [0.15, 0.2) is 5.78 Å². The van der Waals surface area contributed by atoms with E-state index in [-0.39, 0.29) is 109 Å². The van der Waals surface area contributed by atoms with Crippen molar-refractivity contribution in [2.45, 2.75) is 206 Å². The van der Waals surface area contributed by atoms with Gasteiger partial charge in [0.1, 0.15) is 24.9 Å². The molecule has 53 heavy (non-hydrogen) atoms. The molecule has 5 saturated heterocycles. The van der Waals surface area contributed by atoms with Gasteiger partial charge in [0.25, 0.3) is 0 Å². The Morgan fingerprint density at radius 2 is 0.660 bits per heavy atom. The second kappa shape index (κ2) is 19.2. The molecule has 0 aliphatic carbocycles. The summed E-state index contributed by atoms with van der Waals surface area (Å²) >= 11 is 0. The molecule has 0 radical (unpaired) electrons. The maximum Gasteiger partial charge on any atom is 0.311 e. The van der Waals surface area contributed by atoms with Crippen molar-refractivity contribution in [3.05, 3.63) is 0 Å². The fraction of sp³-hybridized carbons (Fsp3) is 0.902. The van der Waals surface area contributed by atoms with Gasteiger partial charge in [-0.05, 0) is 106 Å². The van der Waals surface area contributed by atoms with Crippen LogP contribution >= 0.6 is 0 Å². The van der Waals surface area contributed by atoms with Crippen molar-refractivity contribution < 1.29 is 57.1 Å². The molecule has 12 heteroatoms. The van der Waals surface area contributed by atoms with Crippen LogP contribution in [0.15, 0.2) is 0 Å². The zero-order valence-corrected chi connectivity index (χ0v) is 33.3. The van der Waals surface area contributed by atoms with Crippen molar-refractivity contribution in [1.29, 1.82) is 0 Å². The summed E-state index contributed by atoms with van der Waals surface area (Å²) in [5, 5.41) is 0. The third-order valence-electron chi connectivity index (χ3n) is 12.3. The Morgan fingerprint density at radius 1 is 0.377 bits per heavy atom. The van der Waals surface area contributed by atoms with E-state index < -0.39 is 17.8 Å². The molecule has 0 saturated carbocycles. The van der Waals surface area contributed by atoms with Crippen molar-refractivity contribution in [1.82, 2.24) is 0 Å². The Balaban J connectivity index is 1.18. The van der Waals surface area contributed by atoms with Crippen molar-refractivity contribution in [2.24, 2.45) is 23.7 Å². The number of Topliss-reactive ketones (excluding diaryl/α,β-unsaturated/α-hetero) is 1. The number of carbonyl (C=O) groups excluding carboxylic acids is 4. The molecular weight excluding hydrogens is 684 g/mol. The van der Waals surface area contributed by atoms with E-state index in [0.29, 0.717) is 25.7 Å². The van der Waals surface area contributed by atoms with Crippen LogP contribution in [0.4, 0.5) is 0 Å². The lowest BCUT2D eigenvalue weighted by Crippen LogP contribution is -2.33. The highest BCUT2D eigenvalue weighted by Crippen LogP contribution is 2.34. The average Bonchev–Trinajstić information content (AvgIpc) is 3.94. The Morgan fingerprint density at radius 3 is 0.981 bits per heavy atom. The van der Waals surface area contributed by atoms with Crippen LogP contribution in [0.3, 0.4) is 0 Å². The number of esters is 3. The van der Waals surface area contributed by atoms with E-state index in [1.165, 1.54) is 0 Å². The largest absolute Gasteiger partial charge is 0.462 e. The van der Waals surface area contributed by atoms with Crippen LogP contribution in [0.2, 0.25) is 0 Å². The molecule has 5 aliphatic rings. The van der Waals surface area contributed by atoms with Gasteiger partial charge in [-0.25, -0.2) is 0 Å². The molecule has 0 amide bonds. The summed E-state index contributed by atoms with van der Waals surface area (Å²) in [6.07, 6.45) is 5.84. The molecule has 0 spiro atoms. The lowest BCUT2D eigenvalue weighted by Gasteiger charge is -2.25. The van der Waals surface area contributed by atoms with Crippen LogP contribution < -0.4 is 0 Å². The third kappa shape index (κ3) is 11.7. The van der Waals surface area contributed by atoms with Gasteiger partial charge >= 0.3 is 17.9 Å². The van der Waals surface area contributed by atoms with Gasteiger partial charge in [0.05, 0.1) is 72.7 Å². The number of hydrogen-bond acceptors (Lipinski definition) is 12. The molecule has 5 aliphatic heterocycles. The van der Waals surface area contributed by atoms with Crippen molar-refractivity contribution in [3.8, 4) is 0 Å². The topological polar surface area (TPSA) is 142 Å². The van der Waals surface area contributed by atoms with Crippen molar-refractivity contribution >= 4 is 23.7 Å². The molecule has 0 aromatic heterocycles. The van der Waals surface area contributed by atoms with Gasteiger partial charge in [-0.2, -0.15) is 0 Å². The molecule has 302 valence electrons. The Bertz CT molecular complexity index is 1240. The number of hydrogen-bond donors (Lipinski definition) is 0. The summed E-state index contributed by atoms with van der Waals surface area (Å²) < 4.78 is 48.6. The summed E-state index contributed by atoms with van der Waals surface area (Å²) in [5.41, 5.74) is 0. The molecule has 16 atom stereocenters. The zero-order valence-electron chi connectivity index (χ0n) is 33.3. The molecule has 16 unspecified atom stereocenters. The summed E-state index contributed by atoms with van der Waals surface area (Å²) in [7, 11) is 0. The molecule has 0 N–H and O–H groups in total. The average molecular weight is 751 g/mol. The molecule has 12 nitrogen and oxygen atoms in total. The van der Waals surface area contributed by atoms with Crippen LogP contribution in [0.1, 0.15) is 132 Å². The zero-order chi connectivity index (χ0) is 38.4. The normalized spacial score (nSPS) is 45.0. The van der Waals surface area contributed by atoms with Gasteiger partial charge in [-0.15, -0.1) is 0 Å². The first-order valence-corrected chi connectivity index (χ1v) is 20.5. The molecular formula is C41H66O12. The third-order valence-corrected chi connectivity index (χ3v) is 12.3. The first-order valence-electron chi connectivity index (χ1n) is 20.5. The first-order chi connectivity index (χ1) is 25.2. The molecule has 0 aromatic carbocycles. The molecule has 5 fully saturated rings. The number of ether oxygens (including phenoxy) is 8. The fourth-order valence-electron chi connectivity index (χ4n) is 8.73. The van der Waals surface area contributed by atoms with Crippen LogP contribution in [0, 0.1) is 23.7 Å². The van der Waals surface area contributed by atoms with E-state index in [4.69, 9.17) is 37.9 Å². The lowest BCUT2D eigenvalue weighted by molar-refractivity contribution is -0.161. The minimum atomic E-state index is -0.433. The summed E-state index contributed by atoms with van der Waals surface area (Å²) in [6, 6.07) is 0. The second-order valence-corrected chi connectivity index (χ2v) is 16.9. The van der Waals surface area contributed by atoms with E-state index in [0.717, 1.165) is 51.4 Å². The minimum Gasteiger partial charge on any atom is -0.462 e. The van der Waals surface area contributed by atoms with Crippen LogP contribution in [-0.4, -0.2) is 104 Å². The maximum atomic E-state index is 13.1. The minimum absolute atomic E-state index is 0.00331. The van der Waals surface area contributed by atoms with Gasteiger partial charge in [-0.3, -0.25) is 19.2 Å². The number of ketones is 1. The number of fused-ring (bicyclic) bond motifs is 8. The monoisotopic (exact) mass is 750 g/mol. The maximum absolute atomic E-state index is 13.1. The smallest absolute Gasteiger partial charge is 0.311 e. The van der Waals surface area contributed by atoms with Crippen molar-refractivity contribution in [3.63, 3.8) is 0 Å². The summed E-state index contributed by atoms with van der Waals surface area (Å²) in [5.74, 6) is -2.46. The van der Waals surface area contributed by atoms with E-state index >= 15 is 0 Å². The Hall–Kier alpha value is -2.12. The van der Waals surface area contributed by atoms with Gasteiger partial charge in [-0.1, -0.05) is 6.92 Å². The predicted octanol–water partition coefficient (Wildman–Crippen LogP) is 6.06. The lowest BCUT2D eigenvalue weighted by atomic mass is 9.97. The fourth-order valence-corrected chi connectivity index (χ4v) is 8.73. The van der Waals surface area contributed by atoms with Gasteiger partial charge in [0, 0.05) is 25.2 Å². The highest BCUT2D eigenvalue weighted by molar-refractivity contribution is 5.82. The Labute approximate surface area is 316 Å². The highest BCUT2D eigenvalue weighted by atomic mass is 16.6. The van der Waals surface area contributed by atoms with E-state index in [9.17, 15) is 19.2 Å². The quantitative estimate of drug-likeness (QED) is 0.210. The van der Waals surface area contributed by atoms with E-state index in [2.05, 4.69) is 0 Å². The van der Waals surface area contributed by atoms with Crippen molar-refractivity contribution in [2.75, 3.05) is 6.61 Å². The number of cyclic esters (lactones) is 3. The van der Waals surface area contributed by atoms with E-state index in [1.807, 2.05) is 55.4 Å². The standard InChI is InChI=1S/C41H66O12/c1-22-17-30-10-14-36(51-30)27(6)39(43)48-24(3)19-32-12-16-38(53-32)29(8)41(45)49-25(4)20-33-11-15-37(52-33)28(7)40(44)47-23(2)18-31-9-13-35(50-31)26(5)34(42)21-46-22/h22-33,35-38H,9-21H2,1-8H3. The number of rotatable bonds is 0. The molecule has 0 aromatic rings. The molecule has 5 heterocycles. The second-order valence-electron chi connectivity index (χ2n) is 16.9.